The molecule has 1 heterocycles. The van der Waals surface area contributed by atoms with Gasteiger partial charge in [-0.2, -0.15) is 4.98 Å². The molecule has 3 unspecified atom stereocenters. The molecule has 0 aliphatic heterocycles. The fourth-order valence-corrected chi connectivity index (χ4v) is 2.94. The molecule has 14 heavy (non-hydrogen) atoms. The van der Waals surface area contributed by atoms with Crippen molar-refractivity contribution in [3.8, 4) is 0 Å². The fourth-order valence-electron chi connectivity index (χ4n) is 2.94. The molecule has 76 valence electrons. The molecule has 2 aliphatic rings. The fraction of sp³-hybridized carbons (Fsp3) is 0.800. The molecule has 0 spiro atoms. The molecule has 2 saturated carbocycles. The van der Waals surface area contributed by atoms with Gasteiger partial charge in [-0.25, -0.2) is 0 Å². The maximum atomic E-state index is 5.06. The standard InChI is InChI=1S/C10H15N3O/c1-6-11-10(14-13-6)12-9-5-7-2-3-8(9)4-7/h7-9H,2-5H2,1H3,(H,11,12,13). The summed E-state index contributed by atoms with van der Waals surface area (Å²) in [7, 11) is 0. The van der Waals surface area contributed by atoms with Gasteiger partial charge in [0.1, 0.15) is 0 Å². The highest BCUT2D eigenvalue weighted by Crippen LogP contribution is 2.45. The molecule has 2 bridgehead atoms. The zero-order valence-electron chi connectivity index (χ0n) is 8.36. The summed E-state index contributed by atoms with van der Waals surface area (Å²) in [6, 6.07) is 1.17. The van der Waals surface area contributed by atoms with Crippen LogP contribution in [0.25, 0.3) is 0 Å². The van der Waals surface area contributed by atoms with Crippen LogP contribution in [0.4, 0.5) is 6.01 Å². The van der Waals surface area contributed by atoms with Crippen molar-refractivity contribution in [2.75, 3.05) is 5.32 Å². The number of anilines is 1. The lowest BCUT2D eigenvalue weighted by Gasteiger charge is -2.21. The van der Waals surface area contributed by atoms with Gasteiger partial charge < -0.3 is 9.84 Å². The smallest absolute Gasteiger partial charge is 0.321 e. The summed E-state index contributed by atoms with van der Waals surface area (Å²) in [6.07, 6.45) is 5.47. The largest absolute Gasteiger partial charge is 0.335 e. The lowest BCUT2D eigenvalue weighted by atomic mass is 9.96. The number of hydrogen-bond donors (Lipinski definition) is 1. The summed E-state index contributed by atoms with van der Waals surface area (Å²) < 4.78 is 5.06. The van der Waals surface area contributed by atoms with E-state index in [0.717, 1.165) is 11.8 Å². The average molecular weight is 193 g/mol. The van der Waals surface area contributed by atoms with Crippen LogP contribution in [0.1, 0.15) is 31.5 Å². The zero-order valence-corrected chi connectivity index (χ0v) is 8.36. The van der Waals surface area contributed by atoms with Crippen LogP contribution in [0.5, 0.6) is 0 Å². The Kier molecular flexibility index (Phi) is 1.75. The zero-order chi connectivity index (χ0) is 9.54. The van der Waals surface area contributed by atoms with E-state index in [1.165, 1.54) is 25.7 Å². The molecule has 4 nitrogen and oxygen atoms in total. The van der Waals surface area contributed by atoms with E-state index in [2.05, 4.69) is 15.5 Å². The van der Waals surface area contributed by atoms with E-state index < -0.39 is 0 Å². The highest BCUT2D eigenvalue weighted by Gasteiger charge is 2.39. The van der Waals surface area contributed by atoms with Crippen molar-refractivity contribution >= 4 is 6.01 Å². The first-order chi connectivity index (χ1) is 6.81. The highest BCUT2D eigenvalue weighted by atomic mass is 16.5. The van der Waals surface area contributed by atoms with Crippen LogP contribution in [0, 0.1) is 18.8 Å². The van der Waals surface area contributed by atoms with E-state index in [0.29, 0.717) is 17.9 Å². The Morgan fingerprint density at radius 3 is 2.86 bits per heavy atom. The molecular weight excluding hydrogens is 178 g/mol. The van der Waals surface area contributed by atoms with Crippen molar-refractivity contribution in [1.82, 2.24) is 10.1 Å². The molecule has 1 N–H and O–H groups in total. The minimum absolute atomic E-state index is 0.577. The Balaban J connectivity index is 1.68. The first-order valence-electron chi connectivity index (χ1n) is 5.38. The Morgan fingerprint density at radius 2 is 2.29 bits per heavy atom. The predicted molar refractivity (Wildman–Crippen MR) is 51.9 cm³/mol. The Bertz CT molecular complexity index is 336. The van der Waals surface area contributed by atoms with Gasteiger partial charge in [0.05, 0.1) is 0 Å². The maximum Gasteiger partial charge on any atom is 0.321 e. The third kappa shape index (κ3) is 1.29. The van der Waals surface area contributed by atoms with Gasteiger partial charge in [-0.3, -0.25) is 0 Å². The van der Waals surface area contributed by atoms with Crippen LogP contribution in [0.15, 0.2) is 4.52 Å². The number of hydrogen-bond acceptors (Lipinski definition) is 4. The highest BCUT2D eigenvalue weighted by molar-refractivity contribution is 5.22. The molecule has 3 atom stereocenters. The molecule has 0 aromatic carbocycles. The SMILES string of the molecule is Cc1noc(NC2CC3CCC2C3)n1. The number of fused-ring (bicyclic) bond motifs is 2. The minimum atomic E-state index is 0.577. The molecule has 2 aliphatic carbocycles. The van der Waals surface area contributed by atoms with Gasteiger partial charge in [-0.15, -0.1) is 0 Å². The molecule has 1 aromatic rings. The summed E-state index contributed by atoms with van der Waals surface area (Å²) in [5, 5.41) is 7.12. The molecule has 0 amide bonds. The van der Waals surface area contributed by atoms with Gasteiger partial charge in [-0.05, 0) is 38.0 Å². The second kappa shape index (κ2) is 2.97. The monoisotopic (exact) mass is 193 g/mol. The normalized spacial score (nSPS) is 35.1. The quantitative estimate of drug-likeness (QED) is 0.780. The van der Waals surface area contributed by atoms with E-state index in [1.54, 1.807) is 0 Å². The first kappa shape index (κ1) is 8.26. The third-order valence-corrected chi connectivity index (χ3v) is 3.57. The van der Waals surface area contributed by atoms with Crippen molar-refractivity contribution in [1.29, 1.82) is 0 Å². The molecule has 4 heteroatoms. The molecule has 2 fully saturated rings. The van der Waals surface area contributed by atoms with Gasteiger partial charge in [0.2, 0.25) is 0 Å². The first-order valence-corrected chi connectivity index (χ1v) is 5.38. The number of rotatable bonds is 2. The molecule has 3 rings (SSSR count). The lowest BCUT2D eigenvalue weighted by molar-refractivity contribution is 0.395. The Labute approximate surface area is 83.1 Å². The third-order valence-electron chi connectivity index (χ3n) is 3.57. The summed E-state index contributed by atoms with van der Waals surface area (Å²) in [4.78, 5) is 4.17. The van der Waals surface area contributed by atoms with E-state index in [9.17, 15) is 0 Å². The van der Waals surface area contributed by atoms with E-state index in [-0.39, 0.29) is 0 Å². The van der Waals surface area contributed by atoms with E-state index >= 15 is 0 Å². The Hall–Kier alpha value is -1.06. The number of aromatic nitrogens is 2. The van der Waals surface area contributed by atoms with Gasteiger partial charge in [0, 0.05) is 6.04 Å². The summed E-state index contributed by atoms with van der Waals surface area (Å²) in [6.45, 7) is 1.84. The molecule has 0 radical (unpaired) electrons. The van der Waals surface area contributed by atoms with Crippen LogP contribution in [-0.2, 0) is 0 Å². The van der Waals surface area contributed by atoms with Gasteiger partial charge in [-0.1, -0.05) is 11.6 Å². The van der Waals surface area contributed by atoms with E-state index in [4.69, 9.17) is 4.52 Å². The van der Waals surface area contributed by atoms with Crippen LogP contribution >= 0.6 is 0 Å². The summed E-state index contributed by atoms with van der Waals surface area (Å²) in [5.74, 6) is 2.49. The lowest BCUT2D eigenvalue weighted by Crippen LogP contribution is -2.25. The van der Waals surface area contributed by atoms with Crippen molar-refractivity contribution in [3.05, 3.63) is 5.82 Å². The van der Waals surface area contributed by atoms with Crippen molar-refractivity contribution < 1.29 is 4.52 Å². The van der Waals surface area contributed by atoms with Gasteiger partial charge >= 0.3 is 6.01 Å². The average Bonchev–Trinajstić information content (AvgIpc) is 2.82. The minimum Gasteiger partial charge on any atom is -0.335 e. The topological polar surface area (TPSA) is 51.0 Å². The van der Waals surface area contributed by atoms with Crippen molar-refractivity contribution in [3.63, 3.8) is 0 Å². The van der Waals surface area contributed by atoms with E-state index in [1.807, 2.05) is 6.92 Å². The maximum absolute atomic E-state index is 5.06. The summed E-state index contributed by atoms with van der Waals surface area (Å²) >= 11 is 0. The van der Waals surface area contributed by atoms with Crippen molar-refractivity contribution in [2.24, 2.45) is 11.8 Å². The van der Waals surface area contributed by atoms with Gasteiger partial charge in [0.15, 0.2) is 5.82 Å². The van der Waals surface area contributed by atoms with Crippen LogP contribution in [0.3, 0.4) is 0 Å². The van der Waals surface area contributed by atoms with Crippen LogP contribution < -0.4 is 5.32 Å². The van der Waals surface area contributed by atoms with Crippen LogP contribution in [-0.4, -0.2) is 16.2 Å². The second-order valence-corrected chi connectivity index (χ2v) is 4.57. The number of aryl methyl sites for hydroxylation is 1. The molecule has 1 aromatic heterocycles. The predicted octanol–water partition coefficient (Wildman–Crippen LogP) is 1.98. The summed E-state index contributed by atoms with van der Waals surface area (Å²) in [5.41, 5.74) is 0. The Morgan fingerprint density at radius 1 is 1.36 bits per heavy atom. The van der Waals surface area contributed by atoms with Crippen LogP contribution in [0.2, 0.25) is 0 Å². The second-order valence-electron chi connectivity index (χ2n) is 4.57. The number of nitrogens with one attached hydrogen (secondary N) is 1. The molecule has 0 saturated heterocycles. The van der Waals surface area contributed by atoms with Gasteiger partial charge in [0.25, 0.3) is 0 Å². The molecular formula is C10H15N3O. The van der Waals surface area contributed by atoms with Crippen molar-refractivity contribution in [2.45, 2.75) is 38.6 Å². The number of nitrogens with zero attached hydrogens (tertiary/aromatic N) is 2.